The number of aromatic nitrogens is 4. The highest BCUT2D eigenvalue weighted by Gasteiger charge is 2.39. The third-order valence-electron chi connectivity index (χ3n) is 4.34. The third kappa shape index (κ3) is 4.32. The Hall–Kier alpha value is -2.33. The van der Waals surface area contributed by atoms with Crippen LogP contribution in [0.1, 0.15) is 33.1 Å². The van der Waals surface area contributed by atoms with Crippen molar-refractivity contribution in [3.63, 3.8) is 0 Å². The molecule has 0 saturated carbocycles. The summed E-state index contributed by atoms with van der Waals surface area (Å²) in [7, 11) is 1.13. The van der Waals surface area contributed by atoms with E-state index in [1.54, 1.807) is 30.7 Å². The lowest BCUT2D eigenvalue weighted by atomic mass is 10.2. The Bertz CT molecular complexity index is 1070. The zero-order chi connectivity index (χ0) is 21.5. The van der Waals surface area contributed by atoms with Gasteiger partial charge in [0, 0.05) is 12.1 Å². The van der Waals surface area contributed by atoms with E-state index in [2.05, 4.69) is 31.4 Å². The summed E-state index contributed by atoms with van der Waals surface area (Å²) in [6, 6.07) is 7.26. The molecule has 2 aromatic heterocycles. The first-order chi connectivity index (χ1) is 13.5. The second-order valence-electron chi connectivity index (χ2n) is 6.42. The lowest BCUT2D eigenvalue weighted by Crippen LogP contribution is -2.15. The van der Waals surface area contributed by atoms with Gasteiger partial charge in [0.1, 0.15) is 0 Å². The third-order valence-corrected chi connectivity index (χ3v) is 5.34. The van der Waals surface area contributed by atoms with Gasteiger partial charge in [-0.3, -0.25) is 14.2 Å². The number of anilines is 1. The van der Waals surface area contributed by atoms with E-state index in [-0.39, 0.29) is 5.69 Å². The van der Waals surface area contributed by atoms with Crippen LogP contribution in [0, 0.1) is 13.8 Å². The number of hydrogen-bond acceptors (Lipinski definition) is 3. The number of carbonyl (C=O) groups excluding carboxylic acids is 1. The van der Waals surface area contributed by atoms with Crippen LogP contribution >= 0.6 is 27.5 Å². The number of alkyl halides is 3. The lowest BCUT2D eigenvalue weighted by molar-refractivity contribution is -0.144. The predicted octanol–water partition coefficient (Wildman–Crippen LogP) is 4.97. The molecule has 0 spiro atoms. The van der Waals surface area contributed by atoms with Gasteiger partial charge in [-0.2, -0.15) is 23.4 Å². The minimum absolute atomic E-state index is 0.357. The summed E-state index contributed by atoms with van der Waals surface area (Å²) < 4.78 is 41.3. The van der Waals surface area contributed by atoms with E-state index in [1.165, 1.54) is 0 Å². The second kappa shape index (κ2) is 7.83. The number of hydrogen-bond donors (Lipinski definition) is 1. The predicted molar refractivity (Wildman–Crippen MR) is 106 cm³/mol. The molecule has 2 heterocycles. The van der Waals surface area contributed by atoms with Crippen molar-refractivity contribution < 1.29 is 18.0 Å². The smallest absolute Gasteiger partial charge is 0.317 e. The number of nitrogens with one attached hydrogen (secondary N) is 1. The molecule has 0 atom stereocenters. The normalized spacial score (nSPS) is 11.7. The van der Waals surface area contributed by atoms with Crippen LogP contribution in [0.5, 0.6) is 0 Å². The number of aryl methyl sites for hydroxylation is 2. The van der Waals surface area contributed by atoms with Crippen LogP contribution in [-0.2, 0) is 19.8 Å². The van der Waals surface area contributed by atoms with E-state index >= 15 is 0 Å². The number of halogens is 5. The Morgan fingerprint density at radius 3 is 2.38 bits per heavy atom. The monoisotopic (exact) mass is 489 g/mol. The first-order valence-corrected chi connectivity index (χ1v) is 9.55. The summed E-state index contributed by atoms with van der Waals surface area (Å²) in [5, 5.41) is 11.4. The first kappa shape index (κ1) is 21.4. The van der Waals surface area contributed by atoms with Gasteiger partial charge in [-0.15, -0.1) is 0 Å². The van der Waals surface area contributed by atoms with Gasteiger partial charge >= 0.3 is 6.18 Å². The van der Waals surface area contributed by atoms with Crippen LogP contribution in [0.3, 0.4) is 0 Å². The minimum atomic E-state index is -4.64. The van der Waals surface area contributed by atoms with E-state index in [4.69, 9.17) is 11.6 Å². The summed E-state index contributed by atoms with van der Waals surface area (Å²) >= 11 is 8.74. The highest BCUT2D eigenvalue weighted by Crippen LogP contribution is 2.36. The van der Waals surface area contributed by atoms with Crippen molar-refractivity contribution in [2.45, 2.75) is 26.6 Å². The summed E-state index contributed by atoms with van der Waals surface area (Å²) in [6.45, 7) is 3.92. The minimum Gasteiger partial charge on any atom is -0.317 e. The maximum absolute atomic E-state index is 13.1. The molecule has 0 aliphatic rings. The van der Waals surface area contributed by atoms with Crippen LogP contribution in [0.15, 0.2) is 28.7 Å². The lowest BCUT2D eigenvalue weighted by Gasteiger charge is -2.07. The van der Waals surface area contributed by atoms with Crippen molar-refractivity contribution in [2.75, 3.05) is 5.32 Å². The van der Waals surface area contributed by atoms with Gasteiger partial charge in [0.15, 0.2) is 11.4 Å². The molecular formula is C18H16BrClF3N5O. The molecule has 0 unspecified atom stereocenters. The molecule has 1 aromatic carbocycles. The maximum Gasteiger partial charge on any atom is 0.434 e. The molecule has 1 N–H and O–H groups in total. The molecule has 0 radical (unpaired) electrons. The molecule has 0 saturated heterocycles. The second-order valence-corrected chi connectivity index (χ2v) is 7.65. The van der Waals surface area contributed by atoms with Crippen molar-refractivity contribution in [1.82, 2.24) is 19.6 Å². The molecule has 11 heteroatoms. The largest absolute Gasteiger partial charge is 0.434 e. The van der Waals surface area contributed by atoms with Gasteiger partial charge in [-0.05, 0) is 47.5 Å². The fourth-order valence-corrected chi connectivity index (χ4v) is 3.79. The number of rotatable bonds is 4. The SMILES string of the molecule is Cc1nn(Cc2ccc(Cl)cc2)c(C)c1NC(=O)c1nn(C)c(C(F)(F)F)c1Br. The highest BCUT2D eigenvalue weighted by molar-refractivity contribution is 9.10. The topological polar surface area (TPSA) is 64.7 Å². The summed E-state index contributed by atoms with van der Waals surface area (Å²) in [5.41, 5.74) is 1.19. The van der Waals surface area contributed by atoms with Gasteiger partial charge < -0.3 is 5.32 Å². The van der Waals surface area contributed by atoms with E-state index in [9.17, 15) is 18.0 Å². The average Bonchev–Trinajstić information content (AvgIpc) is 3.07. The number of nitrogens with zero attached hydrogens (tertiary/aromatic N) is 4. The molecule has 29 heavy (non-hydrogen) atoms. The Morgan fingerprint density at radius 1 is 1.21 bits per heavy atom. The van der Waals surface area contributed by atoms with Crippen LogP contribution in [0.25, 0.3) is 0 Å². The van der Waals surface area contributed by atoms with Crippen LogP contribution in [-0.4, -0.2) is 25.5 Å². The zero-order valence-electron chi connectivity index (χ0n) is 15.6. The molecule has 6 nitrogen and oxygen atoms in total. The van der Waals surface area contributed by atoms with Crippen LogP contribution in [0.2, 0.25) is 5.02 Å². The van der Waals surface area contributed by atoms with E-state index in [1.807, 2.05) is 12.1 Å². The Morgan fingerprint density at radius 2 is 1.83 bits per heavy atom. The van der Waals surface area contributed by atoms with Gasteiger partial charge in [-0.25, -0.2) is 0 Å². The zero-order valence-corrected chi connectivity index (χ0v) is 17.9. The average molecular weight is 491 g/mol. The number of carbonyl (C=O) groups is 1. The quantitative estimate of drug-likeness (QED) is 0.562. The van der Waals surface area contributed by atoms with Crippen LogP contribution < -0.4 is 5.32 Å². The van der Waals surface area contributed by atoms with Crippen molar-refractivity contribution in [1.29, 1.82) is 0 Å². The first-order valence-electron chi connectivity index (χ1n) is 8.38. The fraction of sp³-hybridized carbons (Fsp3) is 0.278. The molecule has 154 valence electrons. The van der Waals surface area contributed by atoms with Crippen molar-refractivity contribution >= 4 is 39.1 Å². The summed E-state index contributed by atoms with van der Waals surface area (Å²) in [6.07, 6.45) is -4.64. The molecule has 3 aromatic rings. The maximum atomic E-state index is 13.1. The summed E-state index contributed by atoms with van der Waals surface area (Å²) in [5.74, 6) is -0.764. The van der Waals surface area contributed by atoms with Crippen molar-refractivity contribution in [3.05, 3.63) is 62.1 Å². The van der Waals surface area contributed by atoms with Gasteiger partial charge in [0.05, 0.1) is 28.1 Å². The van der Waals surface area contributed by atoms with Gasteiger partial charge in [0.2, 0.25) is 0 Å². The summed E-state index contributed by atoms with van der Waals surface area (Å²) in [4.78, 5) is 12.6. The standard InChI is InChI=1S/C18H16BrClF3N5O/c1-9-14(10(2)28(25-9)8-11-4-6-12(20)7-5-11)24-17(29)15-13(19)16(18(21,22)23)27(3)26-15/h4-7H,8H2,1-3H3,(H,24,29). The van der Waals surface area contributed by atoms with Crippen molar-refractivity contribution in [3.8, 4) is 0 Å². The molecule has 1 amide bonds. The number of amides is 1. The van der Waals surface area contributed by atoms with E-state index in [0.29, 0.717) is 33.3 Å². The molecule has 0 fully saturated rings. The van der Waals surface area contributed by atoms with E-state index < -0.39 is 22.3 Å². The Balaban J connectivity index is 1.87. The number of benzene rings is 1. The highest BCUT2D eigenvalue weighted by atomic mass is 79.9. The van der Waals surface area contributed by atoms with Gasteiger partial charge in [-0.1, -0.05) is 23.7 Å². The van der Waals surface area contributed by atoms with E-state index in [0.717, 1.165) is 12.6 Å². The van der Waals surface area contributed by atoms with Crippen molar-refractivity contribution in [2.24, 2.45) is 7.05 Å². The van der Waals surface area contributed by atoms with Crippen LogP contribution in [0.4, 0.5) is 18.9 Å². The fourth-order valence-electron chi connectivity index (χ4n) is 2.92. The van der Waals surface area contributed by atoms with Gasteiger partial charge in [0.25, 0.3) is 5.91 Å². The molecule has 0 aliphatic carbocycles. The molecule has 0 aliphatic heterocycles. The Labute approximate surface area is 177 Å². The molecular weight excluding hydrogens is 475 g/mol. The Kier molecular flexibility index (Phi) is 5.77. The molecule has 3 rings (SSSR count). The molecule has 0 bridgehead atoms.